The molecule has 4 nitrogen and oxygen atoms in total. The van der Waals surface area contributed by atoms with Gasteiger partial charge in [0.25, 0.3) is 0 Å². The van der Waals surface area contributed by atoms with Crippen molar-refractivity contribution in [3.8, 4) is 0 Å². The lowest BCUT2D eigenvalue weighted by Gasteiger charge is -2.19. The smallest absolute Gasteiger partial charge is 0.238 e. The highest BCUT2D eigenvalue weighted by Crippen LogP contribution is 2.40. The Morgan fingerprint density at radius 2 is 1.87 bits per heavy atom. The first-order valence-corrected chi connectivity index (χ1v) is 8.29. The molecule has 0 aliphatic heterocycles. The van der Waals surface area contributed by atoms with Crippen LogP contribution in [0.25, 0.3) is 0 Å². The van der Waals surface area contributed by atoms with Gasteiger partial charge in [0.05, 0.1) is 44.8 Å². The van der Waals surface area contributed by atoms with Crippen molar-refractivity contribution < 1.29 is 9.21 Å². The molecule has 23 heavy (non-hydrogen) atoms. The van der Waals surface area contributed by atoms with E-state index in [1.54, 1.807) is 12.5 Å². The number of likely N-dealkylation sites (N-methyl/N-ethyl adjacent to an activating group) is 1. The number of carbonyl (C=O) groups excluding carboxylic acids is 1. The van der Waals surface area contributed by atoms with Crippen LogP contribution in [0.2, 0.25) is 20.1 Å². The van der Waals surface area contributed by atoms with Crippen molar-refractivity contribution in [1.29, 1.82) is 0 Å². The number of hydrogen-bond donors (Lipinski definition) is 1. The molecule has 1 heterocycles. The third kappa shape index (κ3) is 4.78. The van der Waals surface area contributed by atoms with Crippen molar-refractivity contribution in [2.75, 3.05) is 18.4 Å². The first-order valence-electron chi connectivity index (χ1n) is 6.78. The first-order chi connectivity index (χ1) is 10.9. The molecule has 8 heteroatoms. The van der Waals surface area contributed by atoms with Crippen LogP contribution >= 0.6 is 46.4 Å². The van der Waals surface area contributed by atoms with E-state index in [-0.39, 0.29) is 38.2 Å². The molecule has 0 radical (unpaired) electrons. The Kier molecular flexibility index (Phi) is 6.62. The Labute approximate surface area is 154 Å². The van der Waals surface area contributed by atoms with Crippen LogP contribution in [-0.4, -0.2) is 23.9 Å². The molecular weight excluding hydrogens is 382 g/mol. The van der Waals surface area contributed by atoms with Crippen LogP contribution in [0.3, 0.4) is 0 Å². The lowest BCUT2D eigenvalue weighted by molar-refractivity contribution is -0.117. The van der Waals surface area contributed by atoms with Gasteiger partial charge < -0.3 is 9.73 Å². The summed E-state index contributed by atoms with van der Waals surface area (Å²) in [5.74, 6) is -0.266. The van der Waals surface area contributed by atoms with E-state index in [1.807, 2.05) is 17.9 Å². The zero-order valence-corrected chi connectivity index (χ0v) is 15.2. The molecule has 124 valence electrons. The van der Waals surface area contributed by atoms with Gasteiger partial charge in [-0.15, -0.1) is 0 Å². The van der Waals surface area contributed by atoms with Gasteiger partial charge >= 0.3 is 0 Å². The van der Waals surface area contributed by atoms with E-state index in [0.29, 0.717) is 13.1 Å². The van der Waals surface area contributed by atoms with Crippen molar-refractivity contribution in [2.24, 2.45) is 0 Å². The van der Waals surface area contributed by atoms with Crippen LogP contribution in [0.15, 0.2) is 29.1 Å². The van der Waals surface area contributed by atoms with Gasteiger partial charge in [-0.1, -0.05) is 53.3 Å². The van der Waals surface area contributed by atoms with Crippen LogP contribution < -0.4 is 5.32 Å². The Morgan fingerprint density at radius 3 is 2.39 bits per heavy atom. The average Bonchev–Trinajstić information content (AvgIpc) is 3.02. The fourth-order valence-electron chi connectivity index (χ4n) is 1.99. The van der Waals surface area contributed by atoms with E-state index in [1.165, 1.54) is 6.07 Å². The Hall–Kier alpha value is -0.910. The summed E-state index contributed by atoms with van der Waals surface area (Å²) >= 11 is 24.1. The number of carbonyl (C=O) groups is 1. The molecule has 0 spiro atoms. The molecule has 0 bridgehead atoms. The van der Waals surface area contributed by atoms with E-state index in [0.717, 1.165) is 5.56 Å². The first kappa shape index (κ1) is 18.4. The standard InChI is InChI=1S/C15H14Cl4N2O2/c1-2-21(6-9-3-4-23-8-9)7-12(22)20-15-13(18)10(16)5-11(17)14(15)19/h3-5,8H,2,6-7H2,1H3,(H,20,22). The topological polar surface area (TPSA) is 45.5 Å². The predicted octanol–water partition coefficient (Wildman–Crippen LogP) is 5.35. The second kappa shape index (κ2) is 8.27. The predicted molar refractivity (Wildman–Crippen MR) is 94.8 cm³/mol. The molecule has 1 aromatic carbocycles. The summed E-state index contributed by atoms with van der Waals surface area (Å²) in [6.45, 7) is 3.41. The molecule has 0 saturated heterocycles. The molecule has 0 aliphatic rings. The van der Waals surface area contributed by atoms with Crippen molar-refractivity contribution in [3.63, 3.8) is 0 Å². The monoisotopic (exact) mass is 394 g/mol. The minimum Gasteiger partial charge on any atom is -0.472 e. The third-order valence-corrected chi connectivity index (χ3v) is 4.75. The van der Waals surface area contributed by atoms with E-state index in [2.05, 4.69) is 5.32 Å². The third-order valence-electron chi connectivity index (χ3n) is 3.18. The van der Waals surface area contributed by atoms with Gasteiger partial charge in [-0.25, -0.2) is 0 Å². The number of hydrogen-bond acceptors (Lipinski definition) is 3. The Morgan fingerprint density at radius 1 is 1.22 bits per heavy atom. The van der Waals surface area contributed by atoms with Gasteiger partial charge in [-0.05, 0) is 18.7 Å². The van der Waals surface area contributed by atoms with Crippen LogP contribution in [0, 0.1) is 0 Å². The van der Waals surface area contributed by atoms with Gasteiger partial charge in [0, 0.05) is 12.1 Å². The molecule has 1 aromatic heterocycles. The lowest BCUT2D eigenvalue weighted by Crippen LogP contribution is -2.32. The quantitative estimate of drug-likeness (QED) is 0.670. The SMILES string of the molecule is CCN(CC(=O)Nc1c(Cl)c(Cl)cc(Cl)c1Cl)Cc1ccoc1. The van der Waals surface area contributed by atoms with E-state index in [9.17, 15) is 4.79 Å². The van der Waals surface area contributed by atoms with Crippen LogP contribution in [0.4, 0.5) is 5.69 Å². The van der Waals surface area contributed by atoms with E-state index in [4.69, 9.17) is 50.8 Å². The maximum atomic E-state index is 12.3. The van der Waals surface area contributed by atoms with Crippen LogP contribution in [0.1, 0.15) is 12.5 Å². The number of nitrogens with one attached hydrogen (secondary N) is 1. The van der Waals surface area contributed by atoms with E-state index >= 15 is 0 Å². The van der Waals surface area contributed by atoms with Gasteiger partial charge in [-0.2, -0.15) is 0 Å². The average molecular weight is 396 g/mol. The molecule has 0 atom stereocenters. The minimum atomic E-state index is -0.266. The summed E-state index contributed by atoms with van der Waals surface area (Å²) in [5, 5.41) is 3.44. The number of benzene rings is 1. The number of nitrogens with zero attached hydrogens (tertiary/aromatic N) is 1. The summed E-state index contributed by atoms with van der Waals surface area (Å²) in [6, 6.07) is 3.28. The van der Waals surface area contributed by atoms with Gasteiger partial charge in [-0.3, -0.25) is 9.69 Å². The highest BCUT2D eigenvalue weighted by Gasteiger charge is 2.17. The molecule has 0 unspecified atom stereocenters. The number of rotatable bonds is 6. The molecule has 1 amide bonds. The fourth-order valence-corrected chi connectivity index (χ4v) is 2.89. The van der Waals surface area contributed by atoms with Crippen LogP contribution in [0.5, 0.6) is 0 Å². The number of halogens is 4. The number of amides is 1. The minimum absolute atomic E-state index is 0.160. The maximum absolute atomic E-state index is 12.3. The van der Waals surface area contributed by atoms with Crippen molar-refractivity contribution in [3.05, 3.63) is 50.3 Å². The van der Waals surface area contributed by atoms with Gasteiger partial charge in [0.15, 0.2) is 0 Å². The second-order valence-corrected chi connectivity index (χ2v) is 6.40. The highest BCUT2D eigenvalue weighted by molar-refractivity contribution is 6.50. The second-order valence-electron chi connectivity index (χ2n) is 4.83. The molecule has 0 saturated carbocycles. The normalized spacial score (nSPS) is 11.0. The maximum Gasteiger partial charge on any atom is 0.238 e. The summed E-state index contributed by atoms with van der Waals surface area (Å²) in [5.41, 5.74) is 1.21. The van der Waals surface area contributed by atoms with Crippen molar-refractivity contribution in [1.82, 2.24) is 4.90 Å². The molecule has 2 aromatic rings. The number of anilines is 1. The summed E-state index contributed by atoms with van der Waals surface area (Å²) in [6.07, 6.45) is 3.24. The summed E-state index contributed by atoms with van der Waals surface area (Å²) < 4.78 is 5.03. The largest absolute Gasteiger partial charge is 0.472 e. The lowest BCUT2D eigenvalue weighted by atomic mass is 10.3. The molecule has 1 N–H and O–H groups in total. The van der Waals surface area contributed by atoms with Gasteiger partial charge in [0.1, 0.15) is 0 Å². The van der Waals surface area contributed by atoms with Crippen molar-refractivity contribution in [2.45, 2.75) is 13.5 Å². The summed E-state index contributed by atoms with van der Waals surface area (Å²) in [7, 11) is 0. The van der Waals surface area contributed by atoms with E-state index < -0.39 is 0 Å². The zero-order chi connectivity index (χ0) is 17.0. The summed E-state index contributed by atoms with van der Waals surface area (Å²) in [4.78, 5) is 14.2. The Bertz CT molecular complexity index is 663. The highest BCUT2D eigenvalue weighted by atomic mass is 35.5. The van der Waals surface area contributed by atoms with Gasteiger partial charge in [0.2, 0.25) is 5.91 Å². The Balaban J connectivity index is 2.07. The van der Waals surface area contributed by atoms with Crippen LogP contribution in [-0.2, 0) is 11.3 Å². The molecule has 0 fully saturated rings. The molecule has 0 aliphatic carbocycles. The number of furan rings is 1. The fraction of sp³-hybridized carbons (Fsp3) is 0.267. The zero-order valence-electron chi connectivity index (χ0n) is 12.2. The molecule has 2 rings (SSSR count). The molecular formula is C15H14Cl4N2O2. The van der Waals surface area contributed by atoms with Crippen molar-refractivity contribution >= 4 is 58.0 Å².